The topological polar surface area (TPSA) is 90.5 Å². The van der Waals surface area contributed by atoms with Crippen LogP contribution in [0, 0.1) is 10.1 Å². The lowest BCUT2D eigenvalue weighted by molar-refractivity contribution is -0.384. The fraction of sp³-hybridized carbons (Fsp3) is 0.273. The van der Waals surface area contributed by atoms with Gasteiger partial charge in [0.15, 0.2) is 5.82 Å². The molecule has 0 bridgehead atoms. The highest BCUT2D eigenvalue weighted by atomic mass is 16.6. The van der Waals surface area contributed by atoms with Gasteiger partial charge in [-0.3, -0.25) is 14.9 Å². The largest absolute Gasteiger partial charge is 0.496 e. The van der Waals surface area contributed by atoms with Gasteiger partial charge in [-0.15, -0.1) is 0 Å². The van der Waals surface area contributed by atoms with Crippen LogP contribution < -0.4 is 9.64 Å². The number of anilines is 1. The van der Waals surface area contributed by atoms with Gasteiger partial charge in [0, 0.05) is 44.2 Å². The quantitative estimate of drug-likeness (QED) is 0.321. The second-order valence-corrected chi connectivity index (χ2v) is 7.13. The first-order valence-electron chi connectivity index (χ1n) is 9.48. The van der Waals surface area contributed by atoms with Gasteiger partial charge in [-0.05, 0) is 37.1 Å². The number of ether oxygens (including phenoxy) is 1. The number of benzene rings is 2. The Bertz CT molecular complexity index is 1080. The number of para-hydroxylation sites is 1. The van der Waals surface area contributed by atoms with Crippen LogP contribution in [0.25, 0.3) is 0 Å². The van der Waals surface area contributed by atoms with E-state index in [0.29, 0.717) is 12.1 Å². The molecule has 8 heteroatoms. The first kappa shape index (κ1) is 21.0. The lowest BCUT2D eigenvalue weighted by Crippen LogP contribution is -2.31. The lowest BCUT2D eigenvalue weighted by Gasteiger charge is -2.27. The number of nitro benzene ring substituents is 1. The van der Waals surface area contributed by atoms with Crippen LogP contribution >= 0.6 is 0 Å². The average molecular weight is 408 g/mol. The number of imidazole rings is 1. The smallest absolute Gasteiger partial charge is 0.293 e. The van der Waals surface area contributed by atoms with E-state index >= 15 is 0 Å². The molecule has 0 aliphatic carbocycles. The second kappa shape index (κ2) is 8.77. The third-order valence-corrected chi connectivity index (χ3v) is 5.21. The number of hydrogen-bond acceptors (Lipinski definition) is 6. The number of nitrogens with zero attached hydrogens (tertiary/aromatic N) is 4. The number of aryl methyl sites for hydroxylation is 1. The summed E-state index contributed by atoms with van der Waals surface area (Å²) >= 11 is 0. The van der Waals surface area contributed by atoms with Crippen LogP contribution in [0.2, 0.25) is 0 Å². The Morgan fingerprint density at radius 2 is 2.03 bits per heavy atom. The van der Waals surface area contributed by atoms with Gasteiger partial charge < -0.3 is 14.2 Å². The number of methoxy groups -OCH3 is 1. The standard InChI is InChI=1S/C22H24N4O4/c1-15(13-16-7-5-6-8-20(16)30-4)25(3)18-10-9-17(14-19(18)26(28)29)21(27)22-23-11-12-24(22)2/h5-12,14-15H,13H2,1-4H3/t15-/m1/s1. The summed E-state index contributed by atoms with van der Waals surface area (Å²) in [5.74, 6) is 0.653. The number of likely N-dealkylation sites (N-methyl/N-ethyl adjacent to an activating group) is 1. The van der Waals surface area contributed by atoms with Crippen molar-refractivity contribution in [3.05, 3.63) is 81.9 Å². The minimum Gasteiger partial charge on any atom is -0.496 e. The van der Waals surface area contributed by atoms with Gasteiger partial charge in [-0.1, -0.05) is 18.2 Å². The molecular weight excluding hydrogens is 384 g/mol. The van der Waals surface area contributed by atoms with E-state index in [1.807, 2.05) is 43.1 Å². The van der Waals surface area contributed by atoms with E-state index in [2.05, 4.69) is 4.98 Å². The molecule has 0 amide bonds. The molecule has 2 aromatic carbocycles. The zero-order valence-corrected chi connectivity index (χ0v) is 17.4. The maximum atomic E-state index is 12.7. The predicted molar refractivity (Wildman–Crippen MR) is 114 cm³/mol. The van der Waals surface area contributed by atoms with E-state index in [4.69, 9.17) is 4.74 Å². The summed E-state index contributed by atoms with van der Waals surface area (Å²) in [6.07, 6.45) is 3.82. The van der Waals surface area contributed by atoms with Gasteiger partial charge in [0.25, 0.3) is 5.69 Å². The number of carbonyl (C=O) groups excluding carboxylic acids is 1. The van der Waals surface area contributed by atoms with E-state index in [9.17, 15) is 14.9 Å². The van der Waals surface area contributed by atoms with Crippen molar-refractivity contribution in [2.24, 2.45) is 7.05 Å². The normalized spacial score (nSPS) is 11.7. The van der Waals surface area contributed by atoms with E-state index in [1.54, 1.807) is 37.1 Å². The van der Waals surface area contributed by atoms with Crippen LogP contribution in [0.1, 0.15) is 28.7 Å². The van der Waals surface area contributed by atoms with Crippen LogP contribution in [-0.4, -0.2) is 40.5 Å². The van der Waals surface area contributed by atoms with Crippen LogP contribution in [0.4, 0.5) is 11.4 Å². The number of nitro groups is 1. The molecule has 1 aromatic heterocycles. The molecule has 1 atom stereocenters. The third kappa shape index (κ3) is 4.17. The first-order chi connectivity index (χ1) is 14.3. The van der Waals surface area contributed by atoms with Crippen molar-refractivity contribution in [3.8, 4) is 5.75 Å². The van der Waals surface area contributed by atoms with Gasteiger partial charge in [-0.2, -0.15) is 0 Å². The maximum absolute atomic E-state index is 12.7. The fourth-order valence-corrected chi connectivity index (χ4v) is 3.39. The summed E-state index contributed by atoms with van der Waals surface area (Å²) in [5.41, 5.74) is 1.57. The molecule has 0 N–H and O–H groups in total. The van der Waals surface area contributed by atoms with Crippen molar-refractivity contribution in [2.45, 2.75) is 19.4 Å². The molecule has 0 aliphatic rings. The van der Waals surface area contributed by atoms with E-state index in [-0.39, 0.29) is 28.9 Å². The van der Waals surface area contributed by atoms with Gasteiger partial charge in [-0.25, -0.2) is 4.98 Å². The summed E-state index contributed by atoms with van der Waals surface area (Å²) < 4.78 is 7.00. The zero-order valence-electron chi connectivity index (χ0n) is 17.4. The summed E-state index contributed by atoms with van der Waals surface area (Å²) in [6.45, 7) is 1.99. The highest BCUT2D eigenvalue weighted by molar-refractivity contribution is 6.07. The highest BCUT2D eigenvalue weighted by Gasteiger charge is 2.24. The van der Waals surface area contributed by atoms with Gasteiger partial charge in [0.2, 0.25) is 5.78 Å². The molecule has 0 saturated heterocycles. The van der Waals surface area contributed by atoms with Gasteiger partial charge in [0.1, 0.15) is 11.4 Å². The molecule has 0 fully saturated rings. The van der Waals surface area contributed by atoms with Crippen LogP contribution in [-0.2, 0) is 13.5 Å². The van der Waals surface area contributed by atoms with Crippen LogP contribution in [0.3, 0.4) is 0 Å². The Morgan fingerprint density at radius 3 is 2.67 bits per heavy atom. The Morgan fingerprint density at radius 1 is 1.30 bits per heavy atom. The molecule has 1 heterocycles. The SMILES string of the molecule is COc1ccccc1C[C@@H](C)N(C)c1ccc(C(=O)c2nccn2C)cc1[N+](=O)[O-]. The molecule has 8 nitrogen and oxygen atoms in total. The van der Waals surface area contributed by atoms with Gasteiger partial charge in [0.05, 0.1) is 12.0 Å². The maximum Gasteiger partial charge on any atom is 0.293 e. The molecule has 3 rings (SSSR count). The Balaban J connectivity index is 1.90. The Hall–Kier alpha value is -3.68. The summed E-state index contributed by atoms with van der Waals surface area (Å²) in [7, 11) is 5.13. The average Bonchev–Trinajstić information content (AvgIpc) is 3.18. The number of carbonyl (C=O) groups is 1. The molecule has 30 heavy (non-hydrogen) atoms. The molecule has 0 radical (unpaired) electrons. The van der Waals surface area contributed by atoms with Crippen molar-refractivity contribution in [2.75, 3.05) is 19.1 Å². The minimum atomic E-state index is -0.461. The molecular formula is C22H24N4O4. The Kier molecular flexibility index (Phi) is 6.15. The van der Waals surface area contributed by atoms with Gasteiger partial charge >= 0.3 is 0 Å². The molecule has 0 unspecified atom stereocenters. The molecule has 0 saturated carbocycles. The van der Waals surface area contributed by atoms with Crippen molar-refractivity contribution < 1.29 is 14.5 Å². The molecule has 0 aliphatic heterocycles. The van der Waals surface area contributed by atoms with E-state index < -0.39 is 4.92 Å². The summed E-state index contributed by atoms with van der Waals surface area (Å²) in [5, 5.41) is 11.8. The van der Waals surface area contributed by atoms with Crippen molar-refractivity contribution in [3.63, 3.8) is 0 Å². The lowest BCUT2D eigenvalue weighted by atomic mass is 10.0. The van der Waals surface area contributed by atoms with Crippen LogP contribution in [0.15, 0.2) is 54.9 Å². The summed E-state index contributed by atoms with van der Waals surface area (Å²) in [4.78, 5) is 29.9. The molecule has 3 aromatic rings. The van der Waals surface area contributed by atoms with Crippen molar-refractivity contribution >= 4 is 17.2 Å². The van der Waals surface area contributed by atoms with E-state index in [0.717, 1.165) is 11.3 Å². The minimum absolute atomic E-state index is 0.0453. The number of ketones is 1. The summed E-state index contributed by atoms with van der Waals surface area (Å²) in [6, 6.07) is 12.2. The van der Waals surface area contributed by atoms with Crippen LogP contribution in [0.5, 0.6) is 5.75 Å². The predicted octanol–water partition coefficient (Wildman–Crippen LogP) is 3.64. The Labute approximate surface area is 174 Å². The monoisotopic (exact) mass is 408 g/mol. The second-order valence-electron chi connectivity index (χ2n) is 7.13. The number of aromatic nitrogens is 2. The number of rotatable bonds is 8. The fourth-order valence-electron chi connectivity index (χ4n) is 3.39. The van der Waals surface area contributed by atoms with E-state index in [1.165, 1.54) is 12.3 Å². The molecule has 0 spiro atoms. The zero-order chi connectivity index (χ0) is 21.8. The third-order valence-electron chi connectivity index (χ3n) is 5.21. The first-order valence-corrected chi connectivity index (χ1v) is 9.48. The number of hydrogen-bond donors (Lipinski definition) is 0. The highest BCUT2D eigenvalue weighted by Crippen LogP contribution is 2.31. The van der Waals surface area contributed by atoms with Crippen molar-refractivity contribution in [1.29, 1.82) is 0 Å². The molecule has 156 valence electrons. The van der Waals surface area contributed by atoms with Crippen molar-refractivity contribution in [1.82, 2.24) is 9.55 Å².